The summed E-state index contributed by atoms with van der Waals surface area (Å²) in [5.41, 5.74) is 1.79. The Balaban J connectivity index is 2.66. The van der Waals surface area contributed by atoms with E-state index in [1.54, 1.807) is 26.0 Å². The predicted octanol–water partition coefficient (Wildman–Crippen LogP) is 2.30. The quantitative estimate of drug-likeness (QED) is 0.247. The molecule has 0 radical (unpaired) electrons. The molecule has 0 amide bonds. The molecule has 0 spiro atoms. The van der Waals surface area contributed by atoms with Crippen LogP contribution in [0.1, 0.15) is 40.0 Å². The van der Waals surface area contributed by atoms with E-state index in [9.17, 15) is 19.5 Å². The third kappa shape index (κ3) is 6.15. The van der Waals surface area contributed by atoms with Crippen LogP contribution in [0.25, 0.3) is 0 Å². The molecule has 1 fully saturated rings. The summed E-state index contributed by atoms with van der Waals surface area (Å²) in [6, 6.07) is 0. The highest BCUT2D eigenvalue weighted by Gasteiger charge is 2.52. The predicted molar refractivity (Wildman–Crippen MR) is 117 cm³/mol. The van der Waals surface area contributed by atoms with E-state index in [2.05, 4.69) is 0 Å². The molecule has 0 aromatic rings. The minimum atomic E-state index is -0.908. The Labute approximate surface area is 189 Å². The fourth-order valence-electron chi connectivity index (χ4n) is 4.18. The van der Waals surface area contributed by atoms with Gasteiger partial charge in [0.15, 0.2) is 0 Å². The van der Waals surface area contributed by atoms with Crippen molar-refractivity contribution < 1.29 is 38.4 Å². The minimum Gasteiger partial charge on any atom is -0.457 e. The summed E-state index contributed by atoms with van der Waals surface area (Å²) in [5.74, 6) is -2.33. The van der Waals surface area contributed by atoms with Crippen molar-refractivity contribution in [1.29, 1.82) is 0 Å². The van der Waals surface area contributed by atoms with Crippen LogP contribution in [0.4, 0.5) is 0 Å². The van der Waals surface area contributed by atoms with Crippen molar-refractivity contribution in [3.05, 3.63) is 34.9 Å². The second-order valence-corrected chi connectivity index (χ2v) is 7.93. The number of esters is 2. The van der Waals surface area contributed by atoms with E-state index >= 15 is 0 Å². The number of allylic oxidation sites excluding steroid dienone is 2. The van der Waals surface area contributed by atoms with E-state index in [1.165, 1.54) is 7.11 Å². The Morgan fingerprint density at radius 1 is 1.38 bits per heavy atom. The van der Waals surface area contributed by atoms with Crippen molar-refractivity contribution in [3.63, 3.8) is 0 Å². The largest absolute Gasteiger partial charge is 0.457 e. The number of rotatable bonds is 9. The van der Waals surface area contributed by atoms with E-state index < -0.39 is 42.1 Å². The second-order valence-electron chi connectivity index (χ2n) is 7.93. The summed E-state index contributed by atoms with van der Waals surface area (Å²) in [6.07, 6.45) is 4.88. The topological polar surface area (TPSA) is 108 Å². The average molecular weight is 451 g/mol. The number of methoxy groups -OCH3 is 1. The first kappa shape index (κ1) is 26.0. The minimum absolute atomic E-state index is 0.0739. The van der Waals surface area contributed by atoms with Crippen LogP contribution in [-0.4, -0.2) is 68.6 Å². The van der Waals surface area contributed by atoms with Gasteiger partial charge in [-0.15, -0.1) is 0 Å². The summed E-state index contributed by atoms with van der Waals surface area (Å²) in [7, 11) is 1.48. The lowest BCUT2D eigenvalue weighted by Crippen LogP contribution is -2.47. The van der Waals surface area contributed by atoms with Crippen molar-refractivity contribution >= 4 is 18.2 Å². The number of hydrogen-bond donors (Lipinski definition) is 1. The van der Waals surface area contributed by atoms with Gasteiger partial charge >= 0.3 is 11.9 Å². The van der Waals surface area contributed by atoms with Gasteiger partial charge < -0.3 is 28.8 Å². The molecule has 1 aliphatic carbocycles. The van der Waals surface area contributed by atoms with E-state index in [4.69, 9.17) is 18.9 Å². The Hall–Kier alpha value is -2.29. The molecule has 1 N–H and O–H groups in total. The number of carbonyl (C=O) groups is 3. The highest BCUT2D eigenvalue weighted by Crippen LogP contribution is 2.39. The van der Waals surface area contributed by atoms with Gasteiger partial charge in [-0.3, -0.25) is 4.79 Å². The molecule has 0 bridgehead atoms. The number of aliphatic hydroxyl groups is 1. The van der Waals surface area contributed by atoms with Gasteiger partial charge in [-0.05, 0) is 50.8 Å². The molecular weight excluding hydrogens is 416 g/mol. The zero-order valence-corrected chi connectivity index (χ0v) is 19.2. The second kappa shape index (κ2) is 12.7. The Bertz CT molecular complexity index is 766. The van der Waals surface area contributed by atoms with Gasteiger partial charge in [0.25, 0.3) is 0 Å². The molecule has 2 aliphatic rings. The highest BCUT2D eigenvalue weighted by molar-refractivity contribution is 5.88. The molecule has 0 aromatic heterocycles. The lowest BCUT2D eigenvalue weighted by molar-refractivity contribution is -0.159. The van der Waals surface area contributed by atoms with Crippen molar-refractivity contribution in [3.8, 4) is 0 Å². The normalized spacial score (nSPS) is 32.1. The molecule has 1 saturated heterocycles. The molecule has 1 aliphatic heterocycles. The van der Waals surface area contributed by atoms with E-state index in [0.29, 0.717) is 36.2 Å². The van der Waals surface area contributed by atoms with Gasteiger partial charge in [0.05, 0.1) is 25.0 Å². The molecule has 8 heteroatoms. The van der Waals surface area contributed by atoms with Crippen LogP contribution in [-0.2, 0) is 33.3 Å². The number of carbonyl (C=O) groups excluding carboxylic acids is 3. The summed E-state index contributed by atoms with van der Waals surface area (Å²) >= 11 is 0. The van der Waals surface area contributed by atoms with Crippen molar-refractivity contribution in [2.24, 2.45) is 11.8 Å². The monoisotopic (exact) mass is 450 g/mol. The van der Waals surface area contributed by atoms with Crippen LogP contribution in [0.3, 0.4) is 0 Å². The zero-order valence-electron chi connectivity index (χ0n) is 19.2. The number of fused-ring (bicyclic) bond motifs is 1. The number of ether oxygens (including phenoxy) is 4. The maximum Gasteiger partial charge on any atom is 0.333 e. The molecule has 8 nitrogen and oxygen atoms in total. The van der Waals surface area contributed by atoms with E-state index in [1.807, 2.05) is 13.0 Å². The van der Waals surface area contributed by atoms with Gasteiger partial charge in [0.1, 0.15) is 24.6 Å². The SMILES string of the molecule is C/C=C(/C)C(=O)O[C@H]1[C@H]2[C@H](COC)C(=O)O[C@@H]2/C=C(/CO)CC/C=C(/CC=O)[C@@H]1OCC. The van der Waals surface area contributed by atoms with Crippen molar-refractivity contribution in [2.45, 2.75) is 58.3 Å². The molecule has 2 rings (SSSR count). The first-order valence-electron chi connectivity index (χ1n) is 11.0. The van der Waals surface area contributed by atoms with E-state index in [-0.39, 0.29) is 19.6 Å². The third-order valence-electron chi connectivity index (χ3n) is 5.93. The molecule has 0 aromatic carbocycles. The maximum atomic E-state index is 12.8. The van der Waals surface area contributed by atoms with Crippen LogP contribution >= 0.6 is 0 Å². The zero-order chi connectivity index (χ0) is 23.7. The highest BCUT2D eigenvalue weighted by atomic mass is 16.6. The molecule has 32 heavy (non-hydrogen) atoms. The van der Waals surface area contributed by atoms with E-state index in [0.717, 1.165) is 6.29 Å². The molecule has 5 atom stereocenters. The summed E-state index contributed by atoms with van der Waals surface area (Å²) in [5, 5.41) is 9.82. The van der Waals surface area contributed by atoms with Crippen LogP contribution in [0, 0.1) is 11.8 Å². The van der Waals surface area contributed by atoms with Gasteiger partial charge in [0.2, 0.25) is 0 Å². The fourth-order valence-corrected chi connectivity index (χ4v) is 4.18. The van der Waals surface area contributed by atoms with Crippen LogP contribution < -0.4 is 0 Å². The Morgan fingerprint density at radius 3 is 2.72 bits per heavy atom. The molecule has 0 unspecified atom stereocenters. The fraction of sp³-hybridized carbons (Fsp3) is 0.625. The van der Waals surface area contributed by atoms with Crippen LogP contribution in [0.5, 0.6) is 0 Å². The number of aliphatic hydroxyl groups excluding tert-OH is 1. The molecule has 178 valence electrons. The first-order chi connectivity index (χ1) is 15.4. The average Bonchev–Trinajstić information content (AvgIpc) is 3.08. The standard InChI is InChI=1S/C24H34O8/c1-5-15(3)23(27)32-22-20-18(14-29-4)24(28)31-19(20)12-16(13-26)8-7-9-17(10-11-25)21(22)30-6-2/h5,9,11-12,18-22,26H,6-8,10,13-14H2,1-4H3/b15-5-,16-12+,17-9-/t18-,19+,20-,21-,22-/m0/s1. The van der Waals surface area contributed by atoms with Crippen molar-refractivity contribution in [1.82, 2.24) is 0 Å². The molecular formula is C24H34O8. The first-order valence-corrected chi connectivity index (χ1v) is 11.0. The lowest BCUT2D eigenvalue weighted by atomic mass is 9.79. The van der Waals surface area contributed by atoms with Crippen molar-refractivity contribution in [2.75, 3.05) is 26.9 Å². The lowest BCUT2D eigenvalue weighted by Gasteiger charge is -2.35. The van der Waals surface area contributed by atoms with Gasteiger partial charge in [0, 0.05) is 25.7 Å². The Kier molecular flexibility index (Phi) is 10.3. The summed E-state index contributed by atoms with van der Waals surface area (Å²) in [6.45, 7) is 5.39. The van der Waals surface area contributed by atoms with Crippen LogP contribution in [0.2, 0.25) is 0 Å². The number of aldehydes is 1. The maximum absolute atomic E-state index is 12.8. The van der Waals surface area contributed by atoms with Crippen LogP contribution in [0.15, 0.2) is 34.9 Å². The molecule has 0 saturated carbocycles. The Morgan fingerprint density at radius 2 is 2.12 bits per heavy atom. The summed E-state index contributed by atoms with van der Waals surface area (Å²) < 4.78 is 22.9. The van der Waals surface area contributed by atoms with Gasteiger partial charge in [-0.1, -0.05) is 12.2 Å². The van der Waals surface area contributed by atoms with Gasteiger partial charge in [-0.25, -0.2) is 4.79 Å². The van der Waals surface area contributed by atoms with Gasteiger partial charge in [-0.2, -0.15) is 0 Å². The molecule has 1 heterocycles. The smallest absolute Gasteiger partial charge is 0.333 e. The summed E-state index contributed by atoms with van der Waals surface area (Å²) in [4.78, 5) is 37.0. The third-order valence-corrected chi connectivity index (χ3v) is 5.93. The number of hydrogen-bond acceptors (Lipinski definition) is 8.